The third-order valence-electron chi connectivity index (χ3n) is 2.88. The minimum absolute atomic E-state index is 0.147. The molecule has 0 aliphatic heterocycles. The van der Waals surface area contributed by atoms with Crippen LogP contribution in [0.4, 0.5) is 5.69 Å². The van der Waals surface area contributed by atoms with E-state index in [1.165, 1.54) is 6.07 Å². The number of hydrogen-bond donors (Lipinski definition) is 1. The van der Waals surface area contributed by atoms with E-state index in [9.17, 15) is 13.2 Å². The predicted molar refractivity (Wildman–Crippen MR) is 92.4 cm³/mol. The highest BCUT2D eigenvalue weighted by Crippen LogP contribution is 2.21. The number of benzene rings is 1. The normalized spacial score (nSPS) is 11.5. The van der Waals surface area contributed by atoms with Crippen LogP contribution in [0.1, 0.15) is 20.3 Å². The zero-order valence-corrected chi connectivity index (χ0v) is 15.2. The van der Waals surface area contributed by atoms with Crippen molar-refractivity contribution in [2.75, 3.05) is 30.3 Å². The molecular formula is C15H23ClN2O4S. The van der Waals surface area contributed by atoms with Crippen molar-refractivity contribution in [3.05, 3.63) is 29.3 Å². The van der Waals surface area contributed by atoms with Gasteiger partial charge in [-0.15, -0.1) is 0 Å². The highest BCUT2D eigenvalue weighted by molar-refractivity contribution is 7.92. The van der Waals surface area contributed by atoms with Gasteiger partial charge in [0.05, 0.1) is 18.0 Å². The van der Waals surface area contributed by atoms with Crippen LogP contribution in [0.15, 0.2) is 24.3 Å². The van der Waals surface area contributed by atoms with Crippen molar-refractivity contribution < 1.29 is 17.9 Å². The maximum absolute atomic E-state index is 12.0. The van der Waals surface area contributed by atoms with Gasteiger partial charge in [-0.05, 0) is 38.5 Å². The zero-order chi connectivity index (χ0) is 17.5. The smallest absolute Gasteiger partial charge is 0.240 e. The van der Waals surface area contributed by atoms with E-state index in [0.29, 0.717) is 30.3 Å². The van der Waals surface area contributed by atoms with E-state index >= 15 is 0 Å². The molecule has 23 heavy (non-hydrogen) atoms. The summed E-state index contributed by atoms with van der Waals surface area (Å²) < 4.78 is 30.2. The van der Waals surface area contributed by atoms with Gasteiger partial charge in [0.2, 0.25) is 15.9 Å². The highest BCUT2D eigenvalue weighted by atomic mass is 35.5. The lowest BCUT2D eigenvalue weighted by Crippen LogP contribution is -2.40. The second kappa shape index (κ2) is 9.10. The van der Waals surface area contributed by atoms with Crippen molar-refractivity contribution in [3.63, 3.8) is 0 Å². The molecule has 0 heterocycles. The minimum Gasteiger partial charge on any atom is -0.379 e. The summed E-state index contributed by atoms with van der Waals surface area (Å²) >= 11 is 5.88. The molecule has 0 saturated heterocycles. The Balaban J connectivity index is 2.60. The minimum atomic E-state index is -3.59. The summed E-state index contributed by atoms with van der Waals surface area (Å²) in [6.45, 7) is 4.56. The lowest BCUT2D eigenvalue weighted by molar-refractivity contribution is -0.119. The van der Waals surface area contributed by atoms with E-state index in [1.54, 1.807) is 18.2 Å². The lowest BCUT2D eigenvalue weighted by Gasteiger charge is -2.22. The third kappa shape index (κ3) is 7.67. The fraction of sp³-hybridized carbons (Fsp3) is 0.533. The van der Waals surface area contributed by atoms with Crippen molar-refractivity contribution in [2.24, 2.45) is 0 Å². The number of nitrogens with one attached hydrogen (secondary N) is 1. The summed E-state index contributed by atoms with van der Waals surface area (Å²) in [6.07, 6.45) is 1.87. The van der Waals surface area contributed by atoms with E-state index in [2.05, 4.69) is 5.32 Å². The molecule has 1 aromatic carbocycles. The standard InChI is InChI=1S/C15H23ClN2O4S/c1-12(2)22-9-5-8-17-15(19)11-18(23(3,20)21)14-7-4-6-13(16)10-14/h4,6-7,10,12H,5,8-9,11H2,1-3H3,(H,17,19). The Morgan fingerprint density at radius 2 is 2.09 bits per heavy atom. The van der Waals surface area contributed by atoms with Crippen LogP contribution in [-0.2, 0) is 19.6 Å². The van der Waals surface area contributed by atoms with Crippen LogP contribution < -0.4 is 9.62 Å². The molecule has 0 atom stereocenters. The number of sulfonamides is 1. The molecule has 0 aliphatic rings. The molecule has 1 N–H and O–H groups in total. The van der Waals surface area contributed by atoms with E-state index in [4.69, 9.17) is 16.3 Å². The number of anilines is 1. The van der Waals surface area contributed by atoms with Crippen molar-refractivity contribution in [3.8, 4) is 0 Å². The topological polar surface area (TPSA) is 75.7 Å². The van der Waals surface area contributed by atoms with E-state index in [0.717, 1.165) is 10.6 Å². The second-order valence-electron chi connectivity index (χ2n) is 5.37. The summed E-state index contributed by atoms with van der Waals surface area (Å²) in [5.74, 6) is -0.375. The van der Waals surface area contributed by atoms with Gasteiger partial charge in [-0.25, -0.2) is 8.42 Å². The highest BCUT2D eigenvalue weighted by Gasteiger charge is 2.20. The second-order valence-corrected chi connectivity index (χ2v) is 7.72. The van der Waals surface area contributed by atoms with Gasteiger partial charge in [0.1, 0.15) is 6.54 Å². The quantitative estimate of drug-likeness (QED) is 0.682. The number of hydrogen-bond acceptors (Lipinski definition) is 4. The Hall–Kier alpha value is -1.31. The Kier molecular flexibility index (Phi) is 7.81. The van der Waals surface area contributed by atoms with Crippen LogP contribution in [0, 0.1) is 0 Å². The lowest BCUT2D eigenvalue weighted by atomic mass is 10.3. The molecule has 0 radical (unpaired) electrons. The SMILES string of the molecule is CC(C)OCCCNC(=O)CN(c1cccc(Cl)c1)S(C)(=O)=O. The molecule has 8 heteroatoms. The molecular weight excluding hydrogens is 340 g/mol. The van der Waals surface area contributed by atoms with Crippen molar-refractivity contribution in [2.45, 2.75) is 26.4 Å². The summed E-state index contributed by atoms with van der Waals surface area (Å²) in [6, 6.07) is 6.38. The van der Waals surface area contributed by atoms with Crippen molar-refractivity contribution in [1.82, 2.24) is 5.32 Å². The van der Waals surface area contributed by atoms with Gasteiger partial charge in [0, 0.05) is 18.2 Å². The molecule has 0 aliphatic carbocycles. The monoisotopic (exact) mass is 362 g/mol. The summed E-state index contributed by atoms with van der Waals surface area (Å²) in [5, 5.41) is 3.09. The van der Waals surface area contributed by atoms with Crippen molar-refractivity contribution >= 4 is 33.2 Å². The first-order chi connectivity index (χ1) is 10.7. The molecule has 1 aromatic rings. The predicted octanol–water partition coefficient (Wildman–Crippen LogP) is 2.04. The zero-order valence-electron chi connectivity index (χ0n) is 13.6. The van der Waals surface area contributed by atoms with Gasteiger partial charge in [-0.2, -0.15) is 0 Å². The number of amides is 1. The van der Waals surface area contributed by atoms with Crippen LogP contribution in [0.2, 0.25) is 5.02 Å². The Bertz CT molecular complexity index is 620. The Morgan fingerprint density at radius 3 is 2.65 bits per heavy atom. The summed E-state index contributed by atoms with van der Waals surface area (Å²) in [5.41, 5.74) is 0.360. The molecule has 0 saturated carbocycles. The van der Waals surface area contributed by atoms with Crippen LogP contribution in [0.25, 0.3) is 0 Å². The average Bonchev–Trinajstić information content (AvgIpc) is 2.42. The van der Waals surface area contributed by atoms with E-state index in [1.807, 2.05) is 13.8 Å². The Morgan fingerprint density at radius 1 is 1.39 bits per heavy atom. The van der Waals surface area contributed by atoms with Gasteiger partial charge in [-0.3, -0.25) is 9.10 Å². The molecule has 1 rings (SSSR count). The first-order valence-electron chi connectivity index (χ1n) is 7.31. The summed E-state index contributed by atoms with van der Waals surface area (Å²) in [4.78, 5) is 12.0. The maximum Gasteiger partial charge on any atom is 0.240 e. The van der Waals surface area contributed by atoms with Gasteiger partial charge >= 0.3 is 0 Å². The average molecular weight is 363 g/mol. The first-order valence-corrected chi connectivity index (χ1v) is 9.54. The number of rotatable bonds is 9. The molecule has 0 fully saturated rings. The van der Waals surface area contributed by atoms with Crippen LogP contribution >= 0.6 is 11.6 Å². The molecule has 0 bridgehead atoms. The molecule has 6 nitrogen and oxygen atoms in total. The number of carbonyl (C=O) groups excluding carboxylic acids is 1. The molecule has 0 spiro atoms. The Labute approximate surface area is 142 Å². The third-order valence-corrected chi connectivity index (χ3v) is 4.25. The van der Waals surface area contributed by atoms with Crippen LogP contribution in [0.5, 0.6) is 0 Å². The number of nitrogens with zero attached hydrogens (tertiary/aromatic N) is 1. The fourth-order valence-electron chi connectivity index (χ4n) is 1.84. The molecule has 0 aromatic heterocycles. The number of halogens is 1. The van der Waals surface area contributed by atoms with Crippen molar-refractivity contribution in [1.29, 1.82) is 0 Å². The molecule has 0 unspecified atom stereocenters. The van der Waals surface area contributed by atoms with E-state index in [-0.39, 0.29) is 18.6 Å². The summed E-state index contributed by atoms with van der Waals surface area (Å²) in [7, 11) is -3.59. The van der Waals surface area contributed by atoms with Crippen LogP contribution in [-0.4, -0.2) is 46.4 Å². The first kappa shape index (κ1) is 19.7. The van der Waals surface area contributed by atoms with Gasteiger partial charge in [0.25, 0.3) is 0 Å². The maximum atomic E-state index is 12.0. The van der Waals surface area contributed by atoms with Gasteiger partial charge in [-0.1, -0.05) is 17.7 Å². The van der Waals surface area contributed by atoms with Crippen LogP contribution in [0.3, 0.4) is 0 Å². The molecule has 1 amide bonds. The largest absolute Gasteiger partial charge is 0.379 e. The fourth-order valence-corrected chi connectivity index (χ4v) is 2.87. The number of carbonyl (C=O) groups is 1. The van der Waals surface area contributed by atoms with E-state index < -0.39 is 10.0 Å². The van der Waals surface area contributed by atoms with Gasteiger partial charge < -0.3 is 10.1 Å². The molecule has 130 valence electrons. The van der Waals surface area contributed by atoms with Gasteiger partial charge in [0.15, 0.2) is 0 Å². The number of ether oxygens (including phenoxy) is 1.